The van der Waals surface area contributed by atoms with Crippen LogP contribution >= 0.6 is 0 Å². The number of hydrogen-bond donors (Lipinski definition) is 0. The molecule has 1 atom stereocenters. The molecule has 2 nitrogen and oxygen atoms in total. The average Bonchev–Trinajstić information content (AvgIpc) is 2.29. The molecule has 0 saturated carbocycles. The van der Waals surface area contributed by atoms with Gasteiger partial charge in [-0.3, -0.25) is 4.99 Å². The molecular weight excluding hydrogens is 220 g/mol. The van der Waals surface area contributed by atoms with E-state index >= 15 is 0 Å². The zero-order valence-electron chi connectivity index (χ0n) is 10.4. The first-order chi connectivity index (χ1) is 7.29. The van der Waals surface area contributed by atoms with Gasteiger partial charge in [0.05, 0.1) is 0 Å². The van der Waals surface area contributed by atoms with Gasteiger partial charge in [-0.15, -0.1) is 0 Å². The van der Waals surface area contributed by atoms with Crippen molar-refractivity contribution in [1.82, 2.24) is 0 Å². The molecule has 0 aliphatic rings. The Morgan fingerprint density at radius 1 is 1.41 bits per heavy atom. The second-order valence-electron chi connectivity index (χ2n) is 2.90. The Bertz CT molecular complexity index is 376. The minimum atomic E-state index is -0.351. The molecule has 0 amide bonds. The van der Waals surface area contributed by atoms with Gasteiger partial charge in [0.2, 0.25) is 0 Å². The molecule has 17 heavy (non-hydrogen) atoms. The zero-order chi connectivity index (χ0) is 11.1. The maximum Gasteiger partial charge on any atom is 1.00 e. The van der Waals surface area contributed by atoms with Crippen LogP contribution in [0.1, 0.15) is 11.5 Å². The Morgan fingerprint density at radius 3 is 2.47 bits per heavy atom. The van der Waals surface area contributed by atoms with Crippen molar-refractivity contribution in [2.24, 2.45) is 4.99 Å². The van der Waals surface area contributed by atoms with Crippen LogP contribution in [0.4, 0.5) is 0 Å². The summed E-state index contributed by atoms with van der Waals surface area (Å²) in [6.07, 6.45) is 7.23. The summed E-state index contributed by atoms with van der Waals surface area (Å²) in [5, 5.41) is 0.429. The largest absolute Gasteiger partial charge is 1.00 e. The van der Waals surface area contributed by atoms with Crippen molar-refractivity contribution in [2.45, 2.75) is 5.92 Å². The van der Waals surface area contributed by atoms with Crippen LogP contribution in [-0.4, -0.2) is 18.9 Å². The quantitative estimate of drug-likeness (QED) is 0.131. The van der Waals surface area contributed by atoms with Crippen molar-refractivity contribution < 1.29 is 42.5 Å². The van der Waals surface area contributed by atoms with Crippen molar-refractivity contribution in [2.75, 3.05) is 13.8 Å². The smallest absolute Gasteiger partial charge is 0.763 e. The Hall–Kier alpha value is -0.175. The Balaban J connectivity index is 0. The van der Waals surface area contributed by atoms with Crippen LogP contribution in [0.3, 0.4) is 0 Å². The molecule has 0 fully saturated rings. The molecular formula is C12H11Li2NOS. The molecule has 78 valence electrons. The summed E-state index contributed by atoms with van der Waals surface area (Å²) < 4.78 is 4.80. The van der Waals surface area contributed by atoms with Crippen molar-refractivity contribution in [1.29, 1.82) is 0 Å². The second-order valence-corrected chi connectivity index (χ2v) is 3.32. The van der Waals surface area contributed by atoms with Crippen molar-refractivity contribution in [3.63, 3.8) is 0 Å². The molecule has 1 aromatic carbocycles. The maximum atomic E-state index is 7.23. The van der Waals surface area contributed by atoms with E-state index < -0.39 is 0 Å². The number of methoxy groups -OCH3 is 1. The third-order valence-electron chi connectivity index (χ3n) is 1.87. The average molecular weight is 231 g/mol. The minimum absolute atomic E-state index is 0. The molecule has 0 saturated heterocycles. The van der Waals surface area contributed by atoms with Crippen LogP contribution < -0.4 is 37.7 Å². The van der Waals surface area contributed by atoms with Gasteiger partial charge in [-0.25, -0.2) is 0 Å². The normalized spacial score (nSPS) is 11.6. The first-order valence-electron chi connectivity index (χ1n) is 4.47. The molecule has 1 unspecified atom stereocenters. The topological polar surface area (TPSA) is 21.6 Å². The van der Waals surface area contributed by atoms with Gasteiger partial charge in [-0.1, -0.05) is 35.4 Å². The van der Waals surface area contributed by atoms with Crippen LogP contribution in [0, 0.1) is 12.3 Å². The number of benzene rings is 1. The van der Waals surface area contributed by atoms with E-state index in [-0.39, 0.29) is 50.4 Å². The fourth-order valence-corrected chi connectivity index (χ4v) is 1.40. The molecule has 0 aliphatic heterocycles. The molecule has 5 heteroatoms. The Labute approximate surface area is 132 Å². The Morgan fingerprint density at radius 2 is 2.00 bits per heavy atom. The van der Waals surface area contributed by atoms with E-state index in [0.717, 1.165) is 5.56 Å². The predicted molar refractivity (Wildman–Crippen MR) is 63.0 cm³/mol. The molecule has 0 heterocycles. The van der Waals surface area contributed by atoms with Gasteiger partial charge in [0.1, 0.15) is 6.73 Å². The molecule has 0 aliphatic carbocycles. The van der Waals surface area contributed by atoms with Crippen LogP contribution in [0.15, 0.2) is 35.3 Å². The third kappa shape index (κ3) is 6.35. The van der Waals surface area contributed by atoms with E-state index in [0.29, 0.717) is 5.04 Å². The molecule has 0 radical (unpaired) electrons. The van der Waals surface area contributed by atoms with Gasteiger partial charge >= 0.3 is 37.7 Å². The fourth-order valence-electron chi connectivity index (χ4n) is 1.15. The summed E-state index contributed by atoms with van der Waals surface area (Å²) in [5.41, 5.74) is 0.928. The summed E-state index contributed by atoms with van der Waals surface area (Å²) in [6.45, 7) is 0.226. The molecule has 0 N–H and O–H groups in total. The summed E-state index contributed by atoms with van der Waals surface area (Å²) in [5.74, 6) is 2.04. The van der Waals surface area contributed by atoms with E-state index in [2.05, 4.69) is 10.9 Å². The predicted octanol–water partition coefficient (Wildman–Crippen LogP) is -4.08. The van der Waals surface area contributed by atoms with Gasteiger partial charge in [-0.2, -0.15) is 0 Å². The molecule has 0 spiro atoms. The summed E-state index contributed by atoms with van der Waals surface area (Å²) in [4.78, 5) is 4.02. The van der Waals surface area contributed by atoms with Gasteiger partial charge < -0.3 is 29.7 Å². The maximum absolute atomic E-state index is 7.23. The molecule has 0 aromatic heterocycles. The molecule has 0 bridgehead atoms. The van der Waals surface area contributed by atoms with Crippen LogP contribution in [0.2, 0.25) is 0 Å². The van der Waals surface area contributed by atoms with E-state index in [4.69, 9.17) is 23.8 Å². The number of rotatable bonds is 4. The van der Waals surface area contributed by atoms with Crippen LogP contribution in [0.25, 0.3) is 0 Å². The number of hydrogen-bond acceptors (Lipinski definition) is 3. The summed E-state index contributed by atoms with van der Waals surface area (Å²) >= 11 is 5.09. The zero-order valence-corrected chi connectivity index (χ0v) is 11.3. The minimum Gasteiger partial charge on any atom is -0.763 e. The molecule has 1 rings (SSSR count). The van der Waals surface area contributed by atoms with Crippen molar-refractivity contribution in [3.05, 3.63) is 42.3 Å². The number of aliphatic imine (C=N–C) groups is 1. The number of nitrogens with zero attached hydrogens (tertiary/aromatic N) is 1. The van der Waals surface area contributed by atoms with Gasteiger partial charge in [0.25, 0.3) is 0 Å². The second kappa shape index (κ2) is 10.9. The van der Waals surface area contributed by atoms with Crippen LogP contribution in [0.5, 0.6) is 0 Å². The third-order valence-corrected chi connectivity index (χ3v) is 2.24. The molecule has 1 aromatic rings. The Kier molecular flexibility index (Phi) is 12.3. The van der Waals surface area contributed by atoms with Gasteiger partial charge in [-0.05, 0) is 5.56 Å². The van der Waals surface area contributed by atoms with Crippen molar-refractivity contribution >= 4 is 17.7 Å². The summed E-state index contributed by atoms with van der Waals surface area (Å²) in [6, 6.07) is 9.53. The van der Waals surface area contributed by atoms with E-state index in [1.54, 1.807) is 7.11 Å². The first-order valence-corrected chi connectivity index (χ1v) is 4.88. The monoisotopic (exact) mass is 231 g/mol. The summed E-state index contributed by atoms with van der Waals surface area (Å²) in [7, 11) is 1.55. The number of ether oxygens (including phenoxy) is 1. The fraction of sp³-hybridized carbons (Fsp3) is 0.250. The van der Waals surface area contributed by atoms with E-state index in [9.17, 15) is 0 Å². The van der Waals surface area contributed by atoms with E-state index in [1.165, 1.54) is 0 Å². The SMILES string of the molecule is [C-]#CC(/C([S-])=N/COC)c1ccccc1.[Li+].[Li+]. The van der Waals surface area contributed by atoms with Gasteiger partial charge in [0.15, 0.2) is 0 Å². The van der Waals surface area contributed by atoms with E-state index in [1.807, 2.05) is 30.3 Å². The first kappa shape index (κ1) is 19.2. The van der Waals surface area contributed by atoms with Crippen molar-refractivity contribution in [3.8, 4) is 5.92 Å². The van der Waals surface area contributed by atoms with Crippen LogP contribution in [-0.2, 0) is 17.4 Å². The van der Waals surface area contributed by atoms with Gasteiger partial charge in [0, 0.05) is 13.0 Å². The standard InChI is InChI=1S/C12H12NOS.2Li/c1-3-11(12(15)13-9-14-2)10-7-5-4-6-8-10;;/h4-8,11H,9H2,2H3,(H,13,15);;/q-1;2*+1/p-1.